The van der Waals surface area contributed by atoms with Crippen molar-refractivity contribution in [3.05, 3.63) is 85.6 Å². The molecule has 0 saturated carbocycles. The van der Waals surface area contributed by atoms with Gasteiger partial charge in [-0.3, -0.25) is 0 Å². The van der Waals surface area contributed by atoms with E-state index in [-0.39, 0.29) is 24.3 Å². The van der Waals surface area contributed by atoms with Gasteiger partial charge in [-0.05, 0) is 133 Å². The van der Waals surface area contributed by atoms with Gasteiger partial charge in [0.1, 0.15) is 0 Å². The Morgan fingerprint density at radius 1 is 0.312 bits per heavy atom. The summed E-state index contributed by atoms with van der Waals surface area (Å²) in [6.07, 6.45) is 75.7. The second-order valence-electron chi connectivity index (χ2n) is 25.3. The highest BCUT2D eigenvalue weighted by Crippen LogP contribution is 2.19. The Morgan fingerprint density at radius 2 is 0.588 bits per heavy atom. The number of hydrogen-bond acceptors (Lipinski definition) is 4. The summed E-state index contributed by atoms with van der Waals surface area (Å²) in [5.74, 6) is 4.96. The predicted molar refractivity (Wildman–Crippen MR) is 370 cm³/mol. The van der Waals surface area contributed by atoms with E-state index in [0.29, 0.717) is 0 Å². The quantitative estimate of drug-likeness (QED) is 0.0277. The molecule has 6 N–H and O–H groups in total. The van der Waals surface area contributed by atoms with Gasteiger partial charge < -0.3 is 21.7 Å². The maximum Gasteiger partial charge on any atom is 0.0688 e. The molecule has 0 amide bonds. The molecule has 0 spiro atoms. The minimum absolute atomic E-state index is 0.0750. The van der Waals surface area contributed by atoms with Crippen molar-refractivity contribution in [2.45, 2.75) is 366 Å². The maximum absolute atomic E-state index is 9.50. The molecule has 0 fully saturated rings. The summed E-state index contributed by atoms with van der Waals surface area (Å²) in [6, 6.07) is -0.168. The molecule has 0 heterocycles. The lowest BCUT2D eigenvalue weighted by Gasteiger charge is -2.14. The van der Waals surface area contributed by atoms with E-state index in [1.807, 2.05) is 26.0 Å². The average Bonchev–Trinajstić information content (AvgIpc) is 3.43. The number of aliphatic hydroxyl groups excluding tert-OH is 2. The van der Waals surface area contributed by atoms with Crippen LogP contribution in [0.15, 0.2) is 85.6 Å². The third-order valence-corrected chi connectivity index (χ3v) is 16.0. The van der Waals surface area contributed by atoms with Crippen LogP contribution in [-0.4, -0.2) is 34.5 Å². The van der Waals surface area contributed by atoms with Crippen molar-refractivity contribution in [3.8, 4) is 0 Å². The average molecular weight is 1120 g/mol. The monoisotopic (exact) mass is 1120 g/mol. The summed E-state index contributed by atoms with van der Waals surface area (Å²) >= 11 is 0. The summed E-state index contributed by atoms with van der Waals surface area (Å²) in [4.78, 5) is 0. The van der Waals surface area contributed by atoms with E-state index in [4.69, 9.17) is 11.5 Å². The molecule has 80 heavy (non-hydrogen) atoms. The second kappa shape index (κ2) is 73.1. The van der Waals surface area contributed by atoms with Crippen LogP contribution in [0.5, 0.6) is 0 Å². The molecule has 0 aromatic heterocycles. The molecule has 0 radical (unpaired) electrons. The molecular formula is C76H150N2O2. The zero-order chi connectivity index (χ0) is 61.1. The van der Waals surface area contributed by atoms with Crippen LogP contribution in [0, 0.1) is 35.5 Å². The van der Waals surface area contributed by atoms with Crippen LogP contribution in [-0.2, 0) is 0 Å². The van der Waals surface area contributed by atoms with Gasteiger partial charge in [0.15, 0.2) is 0 Å². The van der Waals surface area contributed by atoms with Crippen LogP contribution in [0.2, 0.25) is 0 Å². The largest absolute Gasteiger partial charge is 0.392 e. The lowest BCUT2D eigenvalue weighted by Crippen LogP contribution is -2.31. The first kappa shape index (κ1) is 86.8. The van der Waals surface area contributed by atoms with Crippen LogP contribution >= 0.6 is 0 Å². The van der Waals surface area contributed by atoms with E-state index < -0.39 is 0 Å². The fourth-order valence-electron chi connectivity index (χ4n) is 8.42. The van der Waals surface area contributed by atoms with Gasteiger partial charge in [-0.1, -0.05) is 330 Å². The van der Waals surface area contributed by atoms with E-state index in [9.17, 15) is 10.2 Å². The van der Waals surface area contributed by atoms with Crippen LogP contribution < -0.4 is 11.5 Å². The Hall–Kier alpha value is -1.98. The normalized spacial score (nSPS) is 14.5. The molecule has 7 atom stereocenters. The predicted octanol–water partition coefficient (Wildman–Crippen LogP) is 24.3. The SMILES string of the molecule is C=C/C=C/CCCCCCC[C@@H](O)[C@H](C)N.CC/C=C/CCCCCCC[C@@H](C)C(C)C.CCCCCC/C=C/C=C/CC(C)C(C)C.CCCCCC/C=C/C=C/C[C@@H](C)C(C)C.CCCCCCCCCCC[C@@H](O)[C@H](C)N. The highest BCUT2D eigenvalue weighted by Gasteiger charge is 2.10. The molecule has 1 unspecified atom stereocenters. The van der Waals surface area contributed by atoms with Crippen molar-refractivity contribution < 1.29 is 10.2 Å². The molecule has 0 bridgehead atoms. The Morgan fingerprint density at radius 3 is 0.900 bits per heavy atom. The minimum atomic E-state index is -0.324. The van der Waals surface area contributed by atoms with Gasteiger partial charge in [0.2, 0.25) is 0 Å². The minimum Gasteiger partial charge on any atom is -0.392 e. The van der Waals surface area contributed by atoms with E-state index in [0.717, 1.165) is 67.6 Å². The zero-order valence-corrected chi connectivity index (χ0v) is 57.2. The lowest BCUT2D eigenvalue weighted by atomic mass is 9.92. The molecule has 0 saturated heterocycles. The first-order chi connectivity index (χ1) is 38.4. The summed E-state index contributed by atoms with van der Waals surface area (Å²) in [7, 11) is 0. The fourth-order valence-corrected chi connectivity index (χ4v) is 8.42. The summed E-state index contributed by atoms with van der Waals surface area (Å²) in [6.45, 7) is 37.2. The fraction of sp³-hybridized carbons (Fsp3) is 0.816. The Kier molecular flexibility index (Phi) is 79.3. The first-order valence-electron chi connectivity index (χ1n) is 34.8. The number of nitrogens with two attached hydrogens (primary N) is 2. The number of allylic oxidation sites excluding steroid dienone is 13. The van der Waals surface area contributed by atoms with E-state index in [1.54, 1.807) is 0 Å². The van der Waals surface area contributed by atoms with Crippen LogP contribution in [0.3, 0.4) is 0 Å². The smallest absolute Gasteiger partial charge is 0.0688 e. The summed E-state index contributed by atoms with van der Waals surface area (Å²) in [5.41, 5.74) is 11.2. The Bertz CT molecular complexity index is 1280. The first-order valence-corrected chi connectivity index (χ1v) is 34.8. The van der Waals surface area contributed by atoms with Gasteiger partial charge in [0.05, 0.1) is 12.2 Å². The van der Waals surface area contributed by atoms with Gasteiger partial charge in [-0.15, -0.1) is 0 Å². The molecule has 4 nitrogen and oxygen atoms in total. The van der Waals surface area contributed by atoms with Crippen molar-refractivity contribution in [1.82, 2.24) is 0 Å². The highest BCUT2D eigenvalue weighted by atomic mass is 16.3. The van der Waals surface area contributed by atoms with Crippen molar-refractivity contribution in [3.63, 3.8) is 0 Å². The molecule has 4 heteroatoms. The van der Waals surface area contributed by atoms with Gasteiger partial charge in [-0.25, -0.2) is 0 Å². The standard InChI is InChI=1S/C16H32.2C16H30.C14H31NO.C14H27NO/c3*1-5-6-7-8-9-10-11-12-13-14-16(4)15(2)3;2*1-3-4-5-6-7-8-9-10-11-12-14(16)13(2)15/h6-7,15-16H,5,8-14H2,1-4H3;2*10-13,15-16H,5-9,14H2,1-4H3;13-14,16H,3-12,15H2,1-2H3;3-5,13-14,16H,1,6-12,15H2,2H3/b7-6+;2*11-10+,13-12+;;5-4+/t2*16-;;2*13-,14+/m11.00/s1. The van der Waals surface area contributed by atoms with Crippen molar-refractivity contribution in [2.24, 2.45) is 47.0 Å². The van der Waals surface area contributed by atoms with Crippen molar-refractivity contribution in [2.75, 3.05) is 0 Å². The lowest BCUT2D eigenvalue weighted by molar-refractivity contribution is 0.137. The highest BCUT2D eigenvalue weighted by molar-refractivity contribution is 5.03. The van der Waals surface area contributed by atoms with Crippen LogP contribution in [0.4, 0.5) is 0 Å². The molecule has 0 aliphatic heterocycles. The molecule has 0 aliphatic carbocycles. The number of aliphatic hydroxyl groups is 2. The van der Waals surface area contributed by atoms with Crippen molar-refractivity contribution in [1.29, 1.82) is 0 Å². The molecule has 0 aliphatic rings. The number of unbranched alkanes of at least 4 members (excludes halogenated alkanes) is 26. The Balaban J connectivity index is -0.000000293. The van der Waals surface area contributed by atoms with Gasteiger partial charge in [-0.2, -0.15) is 0 Å². The molecule has 0 rings (SSSR count). The third-order valence-electron chi connectivity index (χ3n) is 16.0. The Labute approximate surface area is 506 Å². The van der Waals surface area contributed by atoms with Gasteiger partial charge in [0.25, 0.3) is 0 Å². The molecular weight excluding hydrogens is 973 g/mol. The topological polar surface area (TPSA) is 92.5 Å². The molecule has 0 aromatic rings. The second-order valence-corrected chi connectivity index (χ2v) is 25.3. The summed E-state index contributed by atoms with van der Waals surface area (Å²) in [5, 5.41) is 19.0. The number of hydrogen-bond donors (Lipinski definition) is 4. The number of rotatable bonds is 49. The van der Waals surface area contributed by atoms with E-state index in [2.05, 4.69) is 163 Å². The zero-order valence-electron chi connectivity index (χ0n) is 57.2. The third kappa shape index (κ3) is 80.2. The van der Waals surface area contributed by atoms with Crippen molar-refractivity contribution >= 4 is 0 Å². The molecule has 476 valence electrons. The maximum atomic E-state index is 9.50. The summed E-state index contributed by atoms with van der Waals surface area (Å²) < 4.78 is 0. The van der Waals surface area contributed by atoms with E-state index >= 15 is 0 Å². The van der Waals surface area contributed by atoms with Gasteiger partial charge in [0, 0.05) is 12.1 Å². The van der Waals surface area contributed by atoms with Crippen LogP contribution in [0.25, 0.3) is 0 Å². The van der Waals surface area contributed by atoms with E-state index in [1.165, 1.54) is 205 Å². The van der Waals surface area contributed by atoms with Gasteiger partial charge >= 0.3 is 0 Å². The molecule has 0 aromatic carbocycles. The van der Waals surface area contributed by atoms with Crippen LogP contribution in [0.1, 0.15) is 341 Å².